The summed E-state index contributed by atoms with van der Waals surface area (Å²) in [5.41, 5.74) is 1.43. The maximum atomic E-state index is 13.1. The fourth-order valence-electron chi connectivity index (χ4n) is 1.59. The van der Waals surface area contributed by atoms with E-state index in [2.05, 4.69) is 10.3 Å². The van der Waals surface area contributed by atoms with Gasteiger partial charge in [0.25, 0.3) is 0 Å². The minimum absolute atomic E-state index is 0.157. The van der Waals surface area contributed by atoms with Crippen LogP contribution in [0.15, 0.2) is 42.9 Å². The molecular formula is C12H14FN3OS. The van der Waals surface area contributed by atoms with Gasteiger partial charge >= 0.3 is 0 Å². The number of nitrogens with one attached hydrogen (secondary N) is 1. The van der Waals surface area contributed by atoms with E-state index in [0.717, 1.165) is 5.69 Å². The Labute approximate surface area is 110 Å². The fraction of sp³-hybridized carbons (Fsp3) is 0.250. The van der Waals surface area contributed by atoms with Crippen LogP contribution in [0.3, 0.4) is 0 Å². The summed E-state index contributed by atoms with van der Waals surface area (Å²) in [5.74, 6) is 0. The van der Waals surface area contributed by atoms with Crippen molar-refractivity contribution in [3.05, 3.63) is 48.6 Å². The molecule has 1 unspecified atom stereocenters. The SMILES string of the molecule is CCO/C=C/C1NC=C(c2ccccn2)N1SF. The van der Waals surface area contributed by atoms with Crippen LogP contribution in [-0.4, -0.2) is 22.1 Å². The van der Waals surface area contributed by atoms with Gasteiger partial charge in [-0.15, -0.1) is 3.89 Å². The van der Waals surface area contributed by atoms with Crippen LogP contribution < -0.4 is 5.32 Å². The Bertz CT molecular complexity index is 438. The third-order valence-corrected chi connectivity index (χ3v) is 2.98. The van der Waals surface area contributed by atoms with Crippen LogP contribution in [0.2, 0.25) is 0 Å². The van der Waals surface area contributed by atoms with Crippen LogP contribution in [-0.2, 0) is 4.74 Å². The third-order valence-electron chi connectivity index (χ3n) is 2.41. The second kappa shape index (κ2) is 6.30. The van der Waals surface area contributed by atoms with Crippen molar-refractivity contribution in [2.45, 2.75) is 13.1 Å². The number of aromatic nitrogens is 1. The van der Waals surface area contributed by atoms with Gasteiger partial charge in [-0.2, -0.15) is 0 Å². The molecule has 2 rings (SSSR count). The monoisotopic (exact) mass is 267 g/mol. The molecule has 1 aliphatic rings. The van der Waals surface area contributed by atoms with Crippen LogP contribution in [0.25, 0.3) is 5.70 Å². The van der Waals surface area contributed by atoms with Gasteiger partial charge in [0, 0.05) is 12.4 Å². The summed E-state index contributed by atoms with van der Waals surface area (Å²) in [5, 5.41) is 3.06. The molecule has 0 aliphatic carbocycles. The number of nitrogens with zero attached hydrogens (tertiary/aromatic N) is 2. The van der Waals surface area contributed by atoms with Crippen molar-refractivity contribution < 1.29 is 8.62 Å². The maximum Gasteiger partial charge on any atom is 0.167 e. The van der Waals surface area contributed by atoms with Gasteiger partial charge < -0.3 is 10.1 Å². The highest BCUT2D eigenvalue weighted by Gasteiger charge is 2.26. The van der Waals surface area contributed by atoms with Crippen LogP contribution in [0.4, 0.5) is 3.89 Å². The highest BCUT2D eigenvalue weighted by molar-refractivity contribution is 7.92. The molecule has 0 bridgehead atoms. The summed E-state index contributed by atoms with van der Waals surface area (Å²) < 4.78 is 19.7. The van der Waals surface area contributed by atoms with E-state index in [1.165, 1.54) is 4.31 Å². The summed E-state index contributed by atoms with van der Waals surface area (Å²) in [6.07, 6.45) is 6.47. The number of halogens is 1. The average molecular weight is 267 g/mol. The number of hydrogen-bond acceptors (Lipinski definition) is 5. The zero-order valence-corrected chi connectivity index (χ0v) is 10.7. The number of rotatable bonds is 5. The summed E-state index contributed by atoms with van der Waals surface area (Å²) in [4.78, 5) is 4.20. The molecule has 1 atom stereocenters. The van der Waals surface area contributed by atoms with Gasteiger partial charge in [-0.05, 0) is 25.1 Å². The van der Waals surface area contributed by atoms with Crippen molar-refractivity contribution in [1.29, 1.82) is 0 Å². The van der Waals surface area contributed by atoms with Crippen molar-refractivity contribution in [3.8, 4) is 0 Å². The molecule has 18 heavy (non-hydrogen) atoms. The summed E-state index contributed by atoms with van der Waals surface area (Å²) in [6, 6.07) is 5.53. The number of pyridine rings is 1. The normalized spacial score (nSPS) is 18.9. The molecule has 0 amide bonds. The number of ether oxygens (including phenoxy) is 1. The quantitative estimate of drug-likeness (QED) is 0.656. The average Bonchev–Trinajstić information content (AvgIpc) is 2.83. The van der Waals surface area contributed by atoms with E-state index in [-0.39, 0.29) is 18.5 Å². The standard InChI is InChI=1S/C12H14FN3OS/c1-2-17-8-6-12-15-9-11(16(12)18-13)10-5-3-4-7-14-10/h3-9,12,15H,2H2,1H3/b8-6+. The molecule has 1 aliphatic heterocycles. The third kappa shape index (κ3) is 2.76. The lowest BCUT2D eigenvalue weighted by Crippen LogP contribution is -2.29. The summed E-state index contributed by atoms with van der Waals surface area (Å²) in [7, 11) is 0. The zero-order valence-electron chi connectivity index (χ0n) is 9.91. The topological polar surface area (TPSA) is 37.4 Å². The highest BCUT2D eigenvalue weighted by atomic mass is 32.2. The predicted octanol–water partition coefficient (Wildman–Crippen LogP) is 2.69. The van der Waals surface area contributed by atoms with Crippen molar-refractivity contribution in [3.63, 3.8) is 0 Å². The van der Waals surface area contributed by atoms with Crippen molar-refractivity contribution in [1.82, 2.24) is 14.6 Å². The van der Waals surface area contributed by atoms with Crippen molar-refractivity contribution in [2.75, 3.05) is 6.61 Å². The first-order valence-corrected chi connectivity index (χ1v) is 6.28. The Morgan fingerprint density at radius 3 is 3.17 bits per heavy atom. The first kappa shape index (κ1) is 12.8. The lowest BCUT2D eigenvalue weighted by atomic mass is 10.3. The predicted molar refractivity (Wildman–Crippen MR) is 70.4 cm³/mol. The second-order valence-corrected chi connectivity index (χ2v) is 4.07. The molecule has 0 fully saturated rings. The van der Waals surface area contributed by atoms with Crippen LogP contribution >= 0.6 is 12.3 Å². The smallest absolute Gasteiger partial charge is 0.167 e. The molecule has 0 spiro atoms. The van der Waals surface area contributed by atoms with E-state index in [9.17, 15) is 3.89 Å². The Morgan fingerprint density at radius 1 is 1.61 bits per heavy atom. The van der Waals surface area contributed by atoms with Crippen LogP contribution in [0, 0.1) is 0 Å². The zero-order chi connectivity index (χ0) is 12.8. The van der Waals surface area contributed by atoms with E-state index in [0.29, 0.717) is 12.3 Å². The Balaban J connectivity index is 2.10. The van der Waals surface area contributed by atoms with Gasteiger partial charge in [0.05, 0.1) is 24.3 Å². The molecule has 1 aromatic rings. The van der Waals surface area contributed by atoms with E-state index >= 15 is 0 Å². The van der Waals surface area contributed by atoms with Crippen LogP contribution in [0.5, 0.6) is 0 Å². The molecule has 6 heteroatoms. The van der Waals surface area contributed by atoms with Gasteiger partial charge in [-0.1, -0.05) is 6.07 Å². The van der Waals surface area contributed by atoms with Gasteiger partial charge in [0.15, 0.2) is 12.3 Å². The molecule has 0 radical (unpaired) electrons. The molecule has 0 saturated carbocycles. The van der Waals surface area contributed by atoms with Gasteiger partial charge in [0.2, 0.25) is 0 Å². The fourth-order valence-corrected chi connectivity index (χ4v) is 2.02. The lowest BCUT2D eigenvalue weighted by molar-refractivity contribution is 0.265. The highest BCUT2D eigenvalue weighted by Crippen LogP contribution is 2.31. The van der Waals surface area contributed by atoms with Crippen molar-refractivity contribution in [2.24, 2.45) is 0 Å². The van der Waals surface area contributed by atoms with Gasteiger partial charge in [0.1, 0.15) is 6.17 Å². The molecule has 0 saturated heterocycles. The van der Waals surface area contributed by atoms with Gasteiger partial charge in [-0.3, -0.25) is 9.29 Å². The molecule has 1 N–H and O–H groups in total. The first-order chi connectivity index (χ1) is 8.86. The summed E-state index contributed by atoms with van der Waals surface area (Å²) in [6.45, 7) is 2.48. The van der Waals surface area contributed by atoms with Crippen molar-refractivity contribution >= 4 is 18.0 Å². The Hall–Kier alpha value is -1.69. The molecule has 0 aromatic carbocycles. The minimum atomic E-state index is -0.274. The lowest BCUT2D eigenvalue weighted by Gasteiger charge is -2.20. The van der Waals surface area contributed by atoms with Crippen LogP contribution in [0.1, 0.15) is 12.6 Å². The van der Waals surface area contributed by atoms with E-state index in [1.54, 1.807) is 24.7 Å². The minimum Gasteiger partial charge on any atom is -0.502 e. The maximum absolute atomic E-state index is 13.1. The summed E-state index contributed by atoms with van der Waals surface area (Å²) >= 11 is 0.157. The number of hydrogen-bond donors (Lipinski definition) is 1. The van der Waals surface area contributed by atoms with E-state index < -0.39 is 0 Å². The Morgan fingerprint density at radius 2 is 2.50 bits per heavy atom. The molecule has 4 nitrogen and oxygen atoms in total. The second-order valence-electron chi connectivity index (χ2n) is 3.53. The molecule has 96 valence electrons. The molecule has 1 aromatic heterocycles. The van der Waals surface area contributed by atoms with E-state index in [1.807, 2.05) is 25.1 Å². The molecule has 2 heterocycles. The first-order valence-electron chi connectivity index (χ1n) is 5.60. The van der Waals surface area contributed by atoms with Gasteiger partial charge in [-0.25, -0.2) is 0 Å². The Kier molecular flexibility index (Phi) is 4.46. The largest absolute Gasteiger partial charge is 0.502 e. The van der Waals surface area contributed by atoms with E-state index in [4.69, 9.17) is 4.74 Å². The molecular weight excluding hydrogens is 253 g/mol.